The van der Waals surface area contributed by atoms with Gasteiger partial charge >= 0.3 is 6.18 Å². The van der Waals surface area contributed by atoms with Gasteiger partial charge in [0.25, 0.3) is 0 Å². The quantitative estimate of drug-likeness (QED) is 0.876. The van der Waals surface area contributed by atoms with E-state index in [0.717, 1.165) is 6.07 Å². The maximum absolute atomic E-state index is 13.1. The third kappa shape index (κ3) is 4.54. The van der Waals surface area contributed by atoms with Crippen molar-refractivity contribution in [2.24, 2.45) is 0 Å². The Balaban J connectivity index is 0.00000116. The van der Waals surface area contributed by atoms with E-state index in [9.17, 15) is 18.3 Å². The predicted molar refractivity (Wildman–Crippen MR) is 80.1 cm³/mol. The Kier molecular flexibility index (Phi) is 6.13. The Morgan fingerprint density at radius 2 is 1.86 bits per heavy atom. The first kappa shape index (κ1) is 18.6. The minimum absolute atomic E-state index is 0.127. The predicted octanol–water partition coefficient (Wildman–Crippen LogP) is 3.99. The van der Waals surface area contributed by atoms with Gasteiger partial charge in [-0.05, 0) is 24.6 Å². The average Bonchev–Trinajstić information content (AvgIpc) is 2.92. The van der Waals surface area contributed by atoms with E-state index in [1.54, 1.807) is 0 Å². The molecule has 0 aliphatic rings. The van der Waals surface area contributed by atoms with Gasteiger partial charge in [-0.2, -0.15) is 18.3 Å². The number of benzene rings is 1. The van der Waals surface area contributed by atoms with Crippen molar-refractivity contribution >= 4 is 15.9 Å². The van der Waals surface area contributed by atoms with E-state index in [0.29, 0.717) is 4.47 Å². The molecule has 0 radical (unpaired) electrons. The van der Waals surface area contributed by atoms with E-state index in [2.05, 4.69) is 26.0 Å². The van der Waals surface area contributed by atoms with Crippen molar-refractivity contribution in [1.82, 2.24) is 14.8 Å². The van der Waals surface area contributed by atoms with Crippen molar-refractivity contribution in [1.29, 1.82) is 0 Å². The molecule has 0 spiro atoms. The van der Waals surface area contributed by atoms with Gasteiger partial charge in [-0.3, -0.25) is 0 Å². The molecule has 1 aromatic carbocycles. The molecule has 22 heavy (non-hydrogen) atoms. The van der Waals surface area contributed by atoms with E-state index >= 15 is 0 Å². The molecular weight excluding hydrogens is 363 g/mol. The molecule has 0 saturated heterocycles. The van der Waals surface area contributed by atoms with Crippen LogP contribution in [0.15, 0.2) is 35.3 Å². The highest BCUT2D eigenvalue weighted by molar-refractivity contribution is 9.10. The summed E-state index contributed by atoms with van der Waals surface area (Å²) in [6.07, 6.45) is -1.96. The zero-order valence-corrected chi connectivity index (χ0v) is 14.0. The number of aromatic nitrogens is 3. The van der Waals surface area contributed by atoms with Crippen LogP contribution in [0.2, 0.25) is 0 Å². The van der Waals surface area contributed by atoms with Crippen molar-refractivity contribution in [3.05, 3.63) is 46.5 Å². The van der Waals surface area contributed by atoms with E-state index in [-0.39, 0.29) is 12.1 Å². The van der Waals surface area contributed by atoms with Crippen LogP contribution in [-0.4, -0.2) is 19.9 Å². The minimum Gasteiger partial charge on any atom is -0.383 e. The average molecular weight is 380 g/mol. The molecule has 1 heterocycles. The molecule has 0 saturated carbocycles. The molecule has 1 atom stereocenters. The van der Waals surface area contributed by atoms with Gasteiger partial charge in [-0.15, -0.1) is 0 Å². The summed E-state index contributed by atoms with van der Waals surface area (Å²) in [4.78, 5) is 3.70. The summed E-state index contributed by atoms with van der Waals surface area (Å²) < 4.78 is 40.8. The van der Waals surface area contributed by atoms with Crippen molar-refractivity contribution in [3.63, 3.8) is 0 Å². The second-order valence-electron chi connectivity index (χ2n) is 4.55. The molecule has 122 valence electrons. The summed E-state index contributed by atoms with van der Waals surface area (Å²) in [5.74, 6) is 0. The Labute approximate surface area is 135 Å². The molecule has 1 unspecified atom stereocenters. The molecule has 8 heteroatoms. The van der Waals surface area contributed by atoms with Gasteiger partial charge in [0.1, 0.15) is 18.3 Å². The first-order valence-corrected chi connectivity index (χ1v) is 7.41. The molecule has 0 bridgehead atoms. The highest BCUT2D eigenvalue weighted by atomic mass is 79.9. The molecule has 0 aliphatic heterocycles. The number of hydrogen-bond acceptors (Lipinski definition) is 3. The number of alkyl halides is 3. The van der Waals surface area contributed by atoms with Crippen LogP contribution < -0.4 is 0 Å². The van der Waals surface area contributed by atoms with Crippen LogP contribution in [0.1, 0.15) is 31.9 Å². The van der Waals surface area contributed by atoms with Crippen LogP contribution in [0.3, 0.4) is 0 Å². The summed E-state index contributed by atoms with van der Waals surface area (Å²) >= 11 is 3.01. The van der Waals surface area contributed by atoms with E-state index in [4.69, 9.17) is 0 Å². The van der Waals surface area contributed by atoms with E-state index < -0.39 is 17.3 Å². The zero-order valence-electron chi connectivity index (χ0n) is 12.4. The molecule has 0 aliphatic carbocycles. The number of nitrogens with zero attached hydrogens (tertiary/aromatic N) is 3. The molecule has 0 fully saturated rings. The van der Waals surface area contributed by atoms with Gasteiger partial charge in [0.05, 0.1) is 12.1 Å². The standard InChI is InChI=1S/C12H11BrF3N3O.C2H6/c1-11(20,5-19-7-17-6-18-19)9-3-2-8(13)4-10(9)12(14,15)16;1-2/h2-4,6-7,20H,5H2,1H3;1-2H3. The van der Waals surface area contributed by atoms with Gasteiger partial charge in [0, 0.05) is 4.47 Å². The van der Waals surface area contributed by atoms with Gasteiger partial charge in [0.2, 0.25) is 0 Å². The summed E-state index contributed by atoms with van der Waals surface area (Å²) in [7, 11) is 0. The van der Waals surface area contributed by atoms with Gasteiger partial charge in [0.15, 0.2) is 0 Å². The molecule has 0 amide bonds. The normalized spacial score (nSPS) is 14.0. The lowest BCUT2D eigenvalue weighted by Crippen LogP contribution is -2.31. The van der Waals surface area contributed by atoms with Crippen molar-refractivity contribution in [2.45, 2.75) is 39.1 Å². The van der Waals surface area contributed by atoms with Gasteiger partial charge in [-0.25, -0.2) is 9.67 Å². The number of aliphatic hydroxyl groups is 1. The van der Waals surface area contributed by atoms with Crippen molar-refractivity contribution < 1.29 is 18.3 Å². The molecule has 2 aromatic rings. The molecule has 4 nitrogen and oxygen atoms in total. The topological polar surface area (TPSA) is 50.9 Å². The second-order valence-corrected chi connectivity index (χ2v) is 5.47. The minimum atomic E-state index is -4.55. The van der Waals surface area contributed by atoms with Gasteiger partial charge < -0.3 is 5.11 Å². The fourth-order valence-corrected chi connectivity index (χ4v) is 2.30. The Morgan fingerprint density at radius 1 is 1.23 bits per heavy atom. The Hall–Kier alpha value is -1.41. The lowest BCUT2D eigenvalue weighted by atomic mass is 9.91. The first-order valence-electron chi connectivity index (χ1n) is 6.62. The summed E-state index contributed by atoms with van der Waals surface area (Å²) in [6.45, 7) is 5.19. The summed E-state index contributed by atoms with van der Waals surface area (Å²) in [6, 6.07) is 3.66. The highest BCUT2D eigenvalue weighted by Gasteiger charge is 2.39. The summed E-state index contributed by atoms with van der Waals surface area (Å²) in [5.41, 5.74) is -2.81. The second kappa shape index (κ2) is 7.23. The van der Waals surface area contributed by atoms with Crippen molar-refractivity contribution in [3.8, 4) is 0 Å². The number of halogens is 4. The van der Waals surface area contributed by atoms with E-state index in [1.165, 1.54) is 36.4 Å². The third-order valence-electron chi connectivity index (χ3n) is 2.80. The largest absolute Gasteiger partial charge is 0.416 e. The number of hydrogen-bond donors (Lipinski definition) is 1. The highest BCUT2D eigenvalue weighted by Crippen LogP contribution is 2.38. The Morgan fingerprint density at radius 3 is 2.36 bits per heavy atom. The maximum atomic E-state index is 13.1. The lowest BCUT2D eigenvalue weighted by Gasteiger charge is -2.27. The monoisotopic (exact) mass is 379 g/mol. The SMILES string of the molecule is CC.CC(O)(Cn1cncn1)c1ccc(Br)cc1C(F)(F)F. The van der Waals surface area contributed by atoms with Crippen LogP contribution in [0.5, 0.6) is 0 Å². The fourth-order valence-electron chi connectivity index (χ4n) is 1.94. The summed E-state index contributed by atoms with van der Waals surface area (Å²) in [5, 5.41) is 14.2. The van der Waals surface area contributed by atoms with Crippen LogP contribution in [0.4, 0.5) is 13.2 Å². The number of rotatable bonds is 3. The molecular formula is C14H17BrF3N3O. The third-order valence-corrected chi connectivity index (χ3v) is 3.30. The smallest absolute Gasteiger partial charge is 0.383 e. The van der Waals surface area contributed by atoms with Crippen LogP contribution in [-0.2, 0) is 18.3 Å². The maximum Gasteiger partial charge on any atom is 0.416 e. The van der Waals surface area contributed by atoms with Crippen molar-refractivity contribution in [2.75, 3.05) is 0 Å². The molecule has 2 rings (SSSR count). The zero-order chi connectivity index (χ0) is 17.0. The van der Waals surface area contributed by atoms with Crippen LogP contribution in [0, 0.1) is 0 Å². The van der Waals surface area contributed by atoms with E-state index in [1.807, 2.05) is 13.8 Å². The van der Waals surface area contributed by atoms with Crippen LogP contribution >= 0.6 is 15.9 Å². The fraction of sp³-hybridized carbons (Fsp3) is 0.429. The Bertz CT molecular complexity index is 598. The first-order chi connectivity index (χ1) is 10.2. The van der Waals surface area contributed by atoms with Crippen LogP contribution in [0.25, 0.3) is 0 Å². The lowest BCUT2D eigenvalue weighted by molar-refractivity contribution is -0.140. The molecule has 1 N–H and O–H groups in total. The van der Waals surface area contributed by atoms with Gasteiger partial charge in [-0.1, -0.05) is 35.8 Å². The molecule has 1 aromatic heterocycles.